The molecule has 0 radical (unpaired) electrons. The number of halogens is 1. The predicted molar refractivity (Wildman–Crippen MR) is 65.8 cm³/mol. The van der Waals surface area contributed by atoms with E-state index < -0.39 is 9.05 Å². The van der Waals surface area contributed by atoms with E-state index in [1.165, 1.54) is 17.2 Å². The summed E-state index contributed by atoms with van der Waals surface area (Å²) in [5.74, 6) is -0.221. The van der Waals surface area contributed by atoms with Gasteiger partial charge < -0.3 is 9.47 Å². The molecule has 0 saturated carbocycles. The van der Waals surface area contributed by atoms with Gasteiger partial charge in [-0.25, -0.2) is 8.42 Å². The van der Waals surface area contributed by atoms with Crippen LogP contribution in [0.2, 0.25) is 0 Å². The van der Waals surface area contributed by atoms with Gasteiger partial charge in [-0.15, -0.1) is 0 Å². The monoisotopic (exact) mass is 278 g/mol. The van der Waals surface area contributed by atoms with Crippen LogP contribution >= 0.6 is 10.7 Å². The van der Waals surface area contributed by atoms with Gasteiger partial charge in [0.05, 0.1) is 0 Å². The summed E-state index contributed by atoms with van der Waals surface area (Å²) in [4.78, 5) is 13.4. The molecule has 1 rings (SSSR count). The van der Waals surface area contributed by atoms with Crippen molar-refractivity contribution in [1.29, 1.82) is 0 Å². The fourth-order valence-corrected chi connectivity index (χ4v) is 2.16. The zero-order valence-corrected chi connectivity index (χ0v) is 11.5. The average Bonchev–Trinajstić information content (AvgIpc) is 2.70. The smallest absolute Gasteiger partial charge is 0.270 e. The predicted octanol–water partition coefficient (Wildman–Crippen LogP) is 1.53. The molecule has 17 heavy (non-hydrogen) atoms. The number of aryl methyl sites for hydroxylation is 1. The molecule has 0 unspecified atom stereocenters. The number of carbonyl (C=O) groups excluding carboxylic acids is 1. The SMILES string of the molecule is CCN(C)C(=O)c1cc(S(=O)(=O)Cl)cn1CC. The Hall–Kier alpha value is -1.01. The Morgan fingerprint density at radius 2 is 2.06 bits per heavy atom. The van der Waals surface area contributed by atoms with Gasteiger partial charge in [0.2, 0.25) is 0 Å². The van der Waals surface area contributed by atoms with Crippen molar-refractivity contribution in [3.05, 3.63) is 18.0 Å². The van der Waals surface area contributed by atoms with Gasteiger partial charge in [0, 0.05) is 37.0 Å². The van der Waals surface area contributed by atoms with E-state index in [0.29, 0.717) is 18.8 Å². The fourth-order valence-electron chi connectivity index (χ4n) is 1.40. The van der Waals surface area contributed by atoms with Crippen LogP contribution in [-0.4, -0.2) is 37.4 Å². The van der Waals surface area contributed by atoms with Crippen LogP contribution in [0.5, 0.6) is 0 Å². The highest BCUT2D eigenvalue weighted by atomic mass is 35.7. The summed E-state index contributed by atoms with van der Waals surface area (Å²) in [5.41, 5.74) is 0.330. The molecule has 5 nitrogen and oxygen atoms in total. The van der Waals surface area contributed by atoms with E-state index in [2.05, 4.69) is 0 Å². The Kier molecular flexibility index (Phi) is 4.21. The van der Waals surface area contributed by atoms with Crippen molar-refractivity contribution in [2.45, 2.75) is 25.3 Å². The van der Waals surface area contributed by atoms with E-state index in [1.807, 2.05) is 13.8 Å². The van der Waals surface area contributed by atoms with Gasteiger partial charge in [0.25, 0.3) is 15.0 Å². The largest absolute Gasteiger partial charge is 0.342 e. The van der Waals surface area contributed by atoms with E-state index in [4.69, 9.17) is 10.7 Å². The maximum absolute atomic E-state index is 12.0. The summed E-state index contributed by atoms with van der Waals surface area (Å²) in [6.45, 7) is 4.73. The van der Waals surface area contributed by atoms with Gasteiger partial charge in [0.1, 0.15) is 10.6 Å². The van der Waals surface area contributed by atoms with Gasteiger partial charge in [-0.3, -0.25) is 4.79 Å². The molecule has 0 aromatic carbocycles. The van der Waals surface area contributed by atoms with Gasteiger partial charge in [0.15, 0.2) is 0 Å². The van der Waals surface area contributed by atoms with Crippen LogP contribution in [0.25, 0.3) is 0 Å². The van der Waals surface area contributed by atoms with Gasteiger partial charge in [-0.05, 0) is 19.9 Å². The highest BCUT2D eigenvalue weighted by Gasteiger charge is 2.20. The standard InChI is InChI=1S/C10H15ClN2O3S/c1-4-12(3)10(14)9-6-8(17(11,15)16)7-13(9)5-2/h6-7H,4-5H2,1-3H3. The molecular weight excluding hydrogens is 264 g/mol. The number of rotatable bonds is 4. The summed E-state index contributed by atoms with van der Waals surface area (Å²) in [5, 5.41) is 0. The molecule has 1 aromatic rings. The van der Waals surface area contributed by atoms with Crippen molar-refractivity contribution in [1.82, 2.24) is 9.47 Å². The Labute approximate surface area is 105 Å². The van der Waals surface area contributed by atoms with E-state index >= 15 is 0 Å². The second-order valence-electron chi connectivity index (χ2n) is 3.60. The first-order valence-electron chi connectivity index (χ1n) is 5.21. The Bertz CT molecular complexity index is 522. The van der Waals surface area contributed by atoms with E-state index in [0.717, 1.165) is 0 Å². The number of nitrogens with zero attached hydrogens (tertiary/aromatic N) is 2. The molecule has 0 aliphatic rings. The van der Waals surface area contributed by atoms with Gasteiger partial charge in [-0.2, -0.15) is 0 Å². The minimum absolute atomic E-state index is 0.0473. The number of carbonyl (C=O) groups is 1. The lowest BCUT2D eigenvalue weighted by atomic mass is 10.3. The topological polar surface area (TPSA) is 59.4 Å². The first-order valence-corrected chi connectivity index (χ1v) is 7.52. The summed E-state index contributed by atoms with van der Waals surface area (Å²) in [6.07, 6.45) is 1.37. The van der Waals surface area contributed by atoms with E-state index in [1.54, 1.807) is 11.6 Å². The highest BCUT2D eigenvalue weighted by molar-refractivity contribution is 8.13. The molecule has 0 spiro atoms. The zero-order valence-electron chi connectivity index (χ0n) is 9.97. The van der Waals surface area contributed by atoms with Crippen LogP contribution in [0.4, 0.5) is 0 Å². The molecule has 1 heterocycles. The van der Waals surface area contributed by atoms with Crippen LogP contribution in [0.1, 0.15) is 24.3 Å². The van der Waals surface area contributed by atoms with Crippen LogP contribution in [0, 0.1) is 0 Å². The van der Waals surface area contributed by atoms with Crippen molar-refractivity contribution in [2.24, 2.45) is 0 Å². The average molecular weight is 279 g/mol. The molecule has 1 amide bonds. The quantitative estimate of drug-likeness (QED) is 0.785. The lowest BCUT2D eigenvalue weighted by molar-refractivity contribution is 0.0792. The molecule has 7 heteroatoms. The summed E-state index contributed by atoms with van der Waals surface area (Å²) in [6, 6.07) is 1.31. The summed E-state index contributed by atoms with van der Waals surface area (Å²) < 4.78 is 24.0. The number of amides is 1. The summed E-state index contributed by atoms with van der Waals surface area (Å²) in [7, 11) is 3.11. The normalized spacial score (nSPS) is 11.5. The van der Waals surface area contributed by atoms with Crippen LogP contribution < -0.4 is 0 Å². The van der Waals surface area contributed by atoms with Gasteiger partial charge in [-0.1, -0.05) is 0 Å². The Morgan fingerprint density at radius 1 is 1.47 bits per heavy atom. The minimum Gasteiger partial charge on any atom is -0.342 e. The maximum Gasteiger partial charge on any atom is 0.270 e. The molecule has 0 saturated heterocycles. The number of hydrogen-bond donors (Lipinski definition) is 0. The van der Waals surface area contributed by atoms with Crippen molar-refractivity contribution in [3.8, 4) is 0 Å². The van der Waals surface area contributed by atoms with E-state index in [9.17, 15) is 13.2 Å². The second-order valence-corrected chi connectivity index (χ2v) is 6.17. The molecule has 0 bridgehead atoms. The third kappa shape index (κ3) is 3.01. The first kappa shape index (κ1) is 14.1. The fraction of sp³-hybridized carbons (Fsp3) is 0.500. The first-order chi connectivity index (χ1) is 7.81. The minimum atomic E-state index is -3.80. The third-order valence-electron chi connectivity index (χ3n) is 2.53. The third-order valence-corrected chi connectivity index (χ3v) is 3.85. The molecule has 0 N–H and O–H groups in total. The Morgan fingerprint density at radius 3 is 2.47 bits per heavy atom. The summed E-state index contributed by atoms with van der Waals surface area (Å²) >= 11 is 0. The molecule has 0 fully saturated rings. The van der Waals surface area contributed by atoms with Crippen molar-refractivity contribution < 1.29 is 13.2 Å². The molecule has 0 atom stereocenters. The lowest BCUT2D eigenvalue weighted by Gasteiger charge is -2.15. The van der Waals surface area contributed by atoms with Gasteiger partial charge >= 0.3 is 0 Å². The second kappa shape index (κ2) is 5.10. The molecule has 0 aliphatic heterocycles. The lowest BCUT2D eigenvalue weighted by Crippen LogP contribution is -2.28. The number of hydrogen-bond acceptors (Lipinski definition) is 3. The zero-order chi connectivity index (χ0) is 13.2. The molecular formula is C10H15ClN2O3S. The molecule has 96 valence electrons. The van der Waals surface area contributed by atoms with E-state index in [-0.39, 0.29) is 10.8 Å². The van der Waals surface area contributed by atoms with Crippen LogP contribution in [0.3, 0.4) is 0 Å². The molecule has 0 aliphatic carbocycles. The maximum atomic E-state index is 12.0. The van der Waals surface area contributed by atoms with Crippen LogP contribution in [0.15, 0.2) is 17.2 Å². The Balaban J connectivity index is 3.25. The highest BCUT2D eigenvalue weighted by Crippen LogP contribution is 2.19. The number of aromatic nitrogens is 1. The van der Waals surface area contributed by atoms with Crippen molar-refractivity contribution in [2.75, 3.05) is 13.6 Å². The van der Waals surface area contributed by atoms with Crippen LogP contribution in [-0.2, 0) is 15.6 Å². The van der Waals surface area contributed by atoms with Crippen molar-refractivity contribution >= 4 is 25.6 Å². The van der Waals surface area contributed by atoms with Crippen molar-refractivity contribution in [3.63, 3.8) is 0 Å². The molecule has 1 aromatic heterocycles.